The molecule has 1 aliphatic rings. The van der Waals surface area contributed by atoms with Gasteiger partial charge in [0.15, 0.2) is 5.96 Å². The van der Waals surface area contributed by atoms with Crippen LogP contribution in [0.1, 0.15) is 43.9 Å². The molecule has 1 aliphatic carbocycles. The monoisotopic (exact) mass is 509 g/mol. The number of hydrogen-bond acceptors (Lipinski definition) is 4. The highest BCUT2D eigenvalue weighted by atomic mass is 127. The van der Waals surface area contributed by atoms with Crippen molar-refractivity contribution < 1.29 is 4.92 Å². The Labute approximate surface area is 188 Å². The van der Waals surface area contributed by atoms with Gasteiger partial charge in [0.05, 0.1) is 23.7 Å². The van der Waals surface area contributed by atoms with E-state index in [9.17, 15) is 10.1 Å². The van der Waals surface area contributed by atoms with Crippen LogP contribution in [0.4, 0.5) is 5.69 Å². The van der Waals surface area contributed by atoms with Gasteiger partial charge in [-0.15, -0.1) is 24.0 Å². The lowest BCUT2D eigenvalue weighted by Crippen LogP contribution is -2.47. The van der Waals surface area contributed by atoms with Crippen LogP contribution in [0.15, 0.2) is 53.7 Å². The minimum absolute atomic E-state index is 0. The molecule has 7 nitrogen and oxygen atoms in total. The van der Waals surface area contributed by atoms with Gasteiger partial charge in [-0.2, -0.15) is 0 Å². The van der Waals surface area contributed by atoms with Crippen LogP contribution in [-0.2, 0) is 13.1 Å². The molecule has 0 aliphatic heterocycles. The van der Waals surface area contributed by atoms with Crippen LogP contribution < -0.4 is 10.6 Å². The van der Waals surface area contributed by atoms with E-state index in [0.29, 0.717) is 25.0 Å². The van der Waals surface area contributed by atoms with Crippen molar-refractivity contribution in [3.63, 3.8) is 0 Å². The minimum Gasteiger partial charge on any atom is -0.353 e. The molecule has 1 aromatic heterocycles. The highest BCUT2D eigenvalue weighted by Crippen LogP contribution is 2.23. The Hall–Kier alpha value is -2.23. The number of nitrogens with zero attached hydrogens (tertiary/aromatic N) is 3. The molecule has 1 heterocycles. The molecule has 2 unspecified atom stereocenters. The van der Waals surface area contributed by atoms with Crippen molar-refractivity contribution >= 4 is 35.6 Å². The topological polar surface area (TPSA) is 92.5 Å². The van der Waals surface area contributed by atoms with Crippen LogP contribution in [0, 0.1) is 16.0 Å². The van der Waals surface area contributed by atoms with E-state index in [2.05, 4.69) is 22.5 Å². The maximum Gasteiger partial charge on any atom is 0.269 e. The number of hydrogen-bond donors (Lipinski definition) is 2. The van der Waals surface area contributed by atoms with Crippen LogP contribution >= 0.6 is 24.0 Å². The van der Waals surface area contributed by atoms with Crippen LogP contribution in [0.5, 0.6) is 0 Å². The van der Waals surface area contributed by atoms with Crippen LogP contribution in [-0.4, -0.2) is 21.9 Å². The smallest absolute Gasteiger partial charge is 0.269 e. The fourth-order valence-electron chi connectivity index (χ4n) is 3.43. The summed E-state index contributed by atoms with van der Waals surface area (Å²) in [6.07, 6.45) is 6.67. The van der Waals surface area contributed by atoms with E-state index in [1.807, 2.05) is 18.2 Å². The molecule has 8 heteroatoms. The van der Waals surface area contributed by atoms with Crippen LogP contribution in [0.3, 0.4) is 0 Å². The molecule has 2 aromatic rings. The summed E-state index contributed by atoms with van der Waals surface area (Å²) in [5.74, 6) is 1.36. The first kappa shape index (κ1) is 23.1. The summed E-state index contributed by atoms with van der Waals surface area (Å²) < 4.78 is 0. The Balaban J connectivity index is 0.00000300. The lowest BCUT2D eigenvalue weighted by atomic mass is 9.86. The van der Waals surface area contributed by atoms with Crippen molar-refractivity contribution in [1.29, 1.82) is 0 Å². The number of aliphatic imine (C=N–C) groups is 1. The third-order valence-electron chi connectivity index (χ3n) is 5.16. The second-order valence-electron chi connectivity index (χ2n) is 7.28. The van der Waals surface area contributed by atoms with Gasteiger partial charge in [0.25, 0.3) is 5.69 Å². The fourth-order valence-corrected chi connectivity index (χ4v) is 3.43. The summed E-state index contributed by atoms with van der Waals surface area (Å²) in [6.45, 7) is 3.33. The number of pyridine rings is 1. The molecule has 0 saturated heterocycles. The first-order valence-electron chi connectivity index (χ1n) is 9.80. The zero-order valence-corrected chi connectivity index (χ0v) is 18.9. The minimum atomic E-state index is -0.390. The Morgan fingerprint density at radius 2 is 1.97 bits per heavy atom. The first-order valence-corrected chi connectivity index (χ1v) is 9.80. The van der Waals surface area contributed by atoms with Crippen LogP contribution in [0.25, 0.3) is 0 Å². The van der Waals surface area contributed by atoms with Gasteiger partial charge in [0.2, 0.25) is 0 Å². The average molecular weight is 509 g/mol. The Morgan fingerprint density at radius 3 is 2.62 bits per heavy atom. The summed E-state index contributed by atoms with van der Waals surface area (Å²) in [7, 11) is 0. The number of aromatic nitrogens is 1. The summed E-state index contributed by atoms with van der Waals surface area (Å²) in [6, 6.07) is 12.8. The highest BCUT2D eigenvalue weighted by molar-refractivity contribution is 14.0. The molecule has 2 N–H and O–H groups in total. The van der Waals surface area contributed by atoms with Crippen molar-refractivity contribution in [3.05, 3.63) is 70.0 Å². The molecule has 0 spiro atoms. The third kappa shape index (κ3) is 7.26. The van der Waals surface area contributed by atoms with E-state index in [4.69, 9.17) is 4.99 Å². The number of nitrogens with one attached hydrogen (secondary N) is 2. The van der Waals surface area contributed by atoms with E-state index >= 15 is 0 Å². The van der Waals surface area contributed by atoms with Gasteiger partial charge in [0, 0.05) is 24.4 Å². The summed E-state index contributed by atoms with van der Waals surface area (Å²) >= 11 is 0. The van der Waals surface area contributed by atoms with Crippen LogP contribution in [0.2, 0.25) is 0 Å². The highest BCUT2D eigenvalue weighted by Gasteiger charge is 2.22. The summed E-state index contributed by atoms with van der Waals surface area (Å²) in [5.41, 5.74) is 1.97. The van der Waals surface area contributed by atoms with Gasteiger partial charge in [-0.3, -0.25) is 15.1 Å². The van der Waals surface area contributed by atoms with Crippen molar-refractivity contribution in [2.75, 3.05) is 0 Å². The van der Waals surface area contributed by atoms with Gasteiger partial charge in [0.1, 0.15) is 0 Å². The Bertz CT molecular complexity index is 798. The predicted octanol–water partition coefficient (Wildman–Crippen LogP) is 4.42. The molecular weight excluding hydrogens is 481 g/mol. The second kappa shape index (κ2) is 11.7. The normalized spacial score (nSPS) is 19.1. The number of non-ortho nitro benzene ring substituents is 1. The second-order valence-corrected chi connectivity index (χ2v) is 7.28. The van der Waals surface area contributed by atoms with Gasteiger partial charge >= 0.3 is 0 Å². The molecule has 2 atom stereocenters. The van der Waals surface area contributed by atoms with E-state index in [0.717, 1.165) is 23.6 Å². The zero-order chi connectivity index (χ0) is 19.8. The van der Waals surface area contributed by atoms with Crippen molar-refractivity contribution in [2.45, 2.75) is 51.7 Å². The van der Waals surface area contributed by atoms with Gasteiger partial charge < -0.3 is 10.6 Å². The molecule has 3 rings (SSSR count). The number of guanidine groups is 1. The number of halogens is 1. The molecular formula is C21H28IN5O2. The SMILES string of the molecule is CC1CCCCC1NC(=NCc1ccc([N+](=O)[O-])cc1)NCc1ccccn1.I. The number of nitro groups is 1. The van der Waals surface area contributed by atoms with Crippen molar-refractivity contribution in [1.82, 2.24) is 15.6 Å². The van der Waals surface area contributed by atoms with E-state index in [1.54, 1.807) is 18.3 Å². The number of rotatable bonds is 6. The summed E-state index contributed by atoms with van der Waals surface area (Å²) in [5, 5.41) is 17.8. The average Bonchev–Trinajstić information content (AvgIpc) is 2.72. The quantitative estimate of drug-likeness (QED) is 0.198. The molecule has 1 saturated carbocycles. The largest absolute Gasteiger partial charge is 0.353 e. The molecule has 0 amide bonds. The number of benzene rings is 1. The maximum absolute atomic E-state index is 10.8. The van der Waals surface area contributed by atoms with E-state index < -0.39 is 0 Å². The van der Waals surface area contributed by atoms with Crippen molar-refractivity contribution in [3.8, 4) is 0 Å². The molecule has 1 aromatic carbocycles. The predicted molar refractivity (Wildman–Crippen MR) is 125 cm³/mol. The van der Waals surface area contributed by atoms with Gasteiger partial charge in [-0.05, 0) is 36.5 Å². The van der Waals surface area contributed by atoms with Gasteiger partial charge in [-0.25, -0.2) is 4.99 Å². The lowest BCUT2D eigenvalue weighted by Gasteiger charge is -2.31. The van der Waals surface area contributed by atoms with Crippen molar-refractivity contribution in [2.24, 2.45) is 10.9 Å². The third-order valence-corrected chi connectivity index (χ3v) is 5.16. The molecule has 0 bridgehead atoms. The zero-order valence-electron chi connectivity index (χ0n) is 16.6. The molecule has 29 heavy (non-hydrogen) atoms. The standard InChI is InChI=1S/C21H27N5O2.HI/c1-16-6-2-3-8-20(16)25-21(24-15-18-7-4-5-13-22-18)23-14-17-9-11-19(12-10-17)26(27)28;/h4-5,7,9-13,16,20H,2-3,6,8,14-15H2,1H3,(H2,23,24,25);1H. The summed E-state index contributed by atoms with van der Waals surface area (Å²) in [4.78, 5) is 19.5. The molecule has 156 valence electrons. The lowest BCUT2D eigenvalue weighted by molar-refractivity contribution is -0.384. The Kier molecular flexibility index (Phi) is 9.30. The Morgan fingerprint density at radius 1 is 1.21 bits per heavy atom. The first-order chi connectivity index (χ1) is 13.6. The van der Waals surface area contributed by atoms with E-state index in [1.165, 1.54) is 31.4 Å². The fraction of sp³-hybridized carbons (Fsp3) is 0.429. The van der Waals surface area contributed by atoms with E-state index in [-0.39, 0.29) is 34.6 Å². The van der Waals surface area contributed by atoms with Gasteiger partial charge in [-0.1, -0.05) is 38.0 Å². The molecule has 1 fully saturated rings. The maximum atomic E-state index is 10.8. The molecule has 0 radical (unpaired) electrons. The number of nitro benzene ring substituents is 1.